The Kier molecular flexibility index (Phi) is 5.34. The highest BCUT2D eigenvalue weighted by atomic mass is 16.5. The molecular weight excluding hydrogens is 340 g/mol. The summed E-state index contributed by atoms with van der Waals surface area (Å²) in [6, 6.07) is 9.45. The Balaban J connectivity index is 1.44. The number of ether oxygens (including phenoxy) is 1. The Hall–Kier alpha value is -2.47. The van der Waals surface area contributed by atoms with E-state index in [1.54, 1.807) is 19.5 Å². The molecule has 2 unspecified atom stereocenters. The van der Waals surface area contributed by atoms with Crippen LogP contribution in [0.1, 0.15) is 48.2 Å². The van der Waals surface area contributed by atoms with E-state index in [2.05, 4.69) is 32.3 Å². The van der Waals surface area contributed by atoms with Crippen LogP contribution in [0.15, 0.2) is 42.9 Å². The topological polar surface area (TPSA) is 67.3 Å². The Morgan fingerprint density at radius 2 is 2.00 bits per heavy atom. The van der Waals surface area contributed by atoms with Crippen LogP contribution in [0.2, 0.25) is 0 Å². The number of para-hydroxylation sites is 1. The van der Waals surface area contributed by atoms with Crippen LogP contribution < -0.4 is 10.1 Å². The molecule has 6 heteroatoms. The minimum atomic E-state index is -0.121. The summed E-state index contributed by atoms with van der Waals surface area (Å²) in [7, 11) is 1.73. The first kappa shape index (κ1) is 17.9. The Labute approximate surface area is 160 Å². The second-order valence-electron chi connectivity index (χ2n) is 7.46. The van der Waals surface area contributed by atoms with Crippen LogP contribution in [0.4, 0.5) is 0 Å². The lowest BCUT2D eigenvalue weighted by molar-refractivity contribution is 0.0172. The summed E-state index contributed by atoms with van der Waals surface area (Å²) in [5.74, 6) is 0.831. The van der Waals surface area contributed by atoms with E-state index in [0.29, 0.717) is 17.8 Å². The Morgan fingerprint density at radius 3 is 2.70 bits per heavy atom. The average Bonchev–Trinajstić information content (AvgIpc) is 2.69. The maximum atomic E-state index is 12.4. The molecule has 27 heavy (non-hydrogen) atoms. The molecule has 4 rings (SSSR count). The van der Waals surface area contributed by atoms with Crippen LogP contribution in [0.5, 0.6) is 5.75 Å². The molecule has 0 radical (unpaired) electrons. The maximum Gasteiger partial charge on any atom is 0.271 e. The van der Waals surface area contributed by atoms with Crippen molar-refractivity contribution in [2.45, 2.75) is 56.8 Å². The zero-order valence-electron chi connectivity index (χ0n) is 15.7. The molecule has 3 heterocycles. The van der Waals surface area contributed by atoms with Gasteiger partial charge in [-0.3, -0.25) is 14.7 Å². The fraction of sp³-hybridized carbons (Fsp3) is 0.476. The monoisotopic (exact) mass is 366 g/mol. The van der Waals surface area contributed by atoms with Gasteiger partial charge in [-0.15, -0.1) is 0 Å². The van der Waals surface area contributed by atoms with E-state index in [9.17, 15) is 4.79 Å². The zero-order valence-corrected chi connectivity index (χ0v) is 15.7. The van der Waals surface area contributed by atoms with Gasteiger partial charge in [0, 0.05) is 42.6 Å². The molecule has 142 valence electrons. The van der Waals surface area contributed by atoms with Crippen molar-refractivity contribution in [3.05, 3.63) is 54.1 Å². The average molecular weight is 366 g/mol. The first-order valence-electron chi connectivity index (χ1n) is 9.69. The van der Waals surface area contributed by atoms with Crippen molar-refractivity contribution in [2.24, 2.45) is 0 Å². The van der Waals surface area contributed by atoms with Crippen molar-refractivity contribution >= 4 is 5.91 Å². The molecule has 1 N–H and O–H groups in total. The highest BCUT2D eigenvalue weighted by Gasteiger charge is 2.39. The van der Waals surface area contributed by atoms with Gasteiger partial charge in [0.2, 0.25) is 0 Å². The van der Waals surface area contributed by atoms with E-state index in [0.717, 1.165) is 25.1 Å². The number of aromatic nitrogens is 2. The fourth-order valence-electron chi connectivity index (χ4n) is 4.56. The highest BCUT2D eigenvalue weighted by molar-refractivity contribution is 5.92. The van der Waals surface area contributed by atoms with Gasteiger partial charge in [0.15, 0.2) is 0 Å². The molecule has 1 amide bonds. The molecule has 2 atom stereocenters. The van der Waals surface area contributed by atoms with Crippen LogP contribution in [-0.2, 0) is 6.54 Å². The summed E-state index contributed by atoms with van der Waals surface area (Å²) in [5.41, 5.74) is 1.62. The van der Waals surface area contributed by atoms with E-state index >= 15 is 0 Å². The number of hydrogen-bond acceptors (Lipinski definition) is 5. The van der Waals surface area contributed by atoms with E-state index in [-0.39, 0.29) is 11.9 Å². The number of amides is 1. The third-order valence-corrected chi connectivity index (χ3v) is 5.80. The van der Waals surface area contributed by atoms with Crippen molar-refractivity contribution in [2.75, 3.05) is 7.11 Å². The van der Waals surface area contributed by atoms with Crippen molar-refractivity contribution < 1.29 is 9.53 Å². The van der Waals surface area contributed by atoms with E-state index in [1.807, 2.05) is 12.1 Å². The van der Waals surface area contributed by atoms with Crippen molar-refractivity contribution in [1.29, 1.82) is 0 Å². The SMILES string of the molecule is COc1ccccc1CN1C2CCCC1CC(NC(=O)c1cnccn1)C2. The first-order valence-corrected chi connectivity index (χ1v) is 9.69. The molecule has 2 aliphatic heterocycles. The molecule has 1 aromatic carbocycles. The van der Waals surface area contributed by atoms with Gasteiger partial charge >= 0.3 is 0 Å². The van der Waals surface area contributed by atoms with Gasteiger partial charge in [0.1, 0.15) is 11.4 Å². The van der Waals surface area contributed by atoms with Crippen LogP contribution in [0, 0.1) is 0 Å². The number of carbonyl (C=O) groups excluding carboxylic acids is 1. The Morgan fingerprint density at radius 1 is 1.22 bits per heavy atom. The second-order valence-corrected chi connectivity index (χ2v) is 7.46. The summed E-state index contributed by atoms with van der Waals surface area (Å²) >= 11 is 0. The number of benzene rings is 1. The second kappa shape index (κ2) is 8.05. The summed E-state index contributed by atoms with van der Waals surface area (Å²) in [5, 5.41) is 3.18. The normalized spacial score (nSPS) is 25.0. The third-order valence-electron chi connectivity index (χ3n) is 5.80. The van der Waals surface area contributed by atoms with Crippen molar-refractivity contribution in [1.82, 2.24) is 20.2 Å². The third kappa shape index (κ3) is 3.95. The van der Waals surface area contributed by atoms with Gasteiger partial charge in [0.25, 0.3) is 5.91 Å². The molecule has 6 nitrogen and oxygen atoms in total. The van der Waals surface area contributed by atoms with Gasteiger partial charge in [-0.2, -0.15) is 0 Å². The van der Waals surface area contributed by atoms with Gasteiger partial charge in [-0.05, 0) is 31.7 Å². The quantitative estimate of drug-likeness (QED) is 0.881. The van der Waals surface area contributed by atoms with Crippen LogP contribution >= 0.6 is 0 Å². The maximum absolute atomic E-state index is 12.4. The molecule has 2 bridgehead atoms. The zero-order chi connectivity index (χ0) is 18.6. The molecule has 2 fully saturated rings. The number of carbonyl (C=O) groups is 1. The lowest BCUT2D eigenvalue weighted by Gasteiger charge is -2.49. The summed E-state index contributed by atoms with van der Waals surface area (Å²) in [6.07, 6.45) is 10.3. The van der Waals surface area contributed by atoms with Gasteiger partial charge in [-0.1, -0.05) is 24.6 Å². The van der Waals surface area contributed by atoms with Crippen molar-refractivity contribution in [3.63, 3.8) is 0 Å². The van der Waals surface area contributed by atoms with Crippen molar-refractivity contribution in [3.8, 4) is 5.75 Å². The molecule has 2 aliphatic rings. The van der Waals surface area contributed by atoms with E-state index in [1.165, 1.54) is 31.0 Å². The molecule has 2 aromatic rings. The number of methoxy groups -OCH3 is 1. The minimum Gasteiger partial charge on any atom is -0.496 e. The lowest BCUT2D eigenvalue weighted by atomic mass is 9.81. The van der Waals surface area contributed by atoms with Gasteiger partial charge < -0.3 is 10.1 Å². The molecule has 1 aromatic heterocycles. The molecule has 0 saturated carbocycles. The predicted octanol–water partition coefficient (Wildman–Crippen LogP) is 2.80. The van der Waals surface area contributed by atoms with E-state index < -0.39 is 0 Å². The van der Waals surface area contributed by atoms with Crippen LogP contribution in [0.3, 0.4) is 0 Å². The molecule has 0 spiro atoms. The molecular formula is C21H26N4O2. The van der Waals surface area contributed by atoms with Crippen LogP contribution in [-0.4, -0.2) is 46.0 Å². The highest BCUT2D eigenvalue weighted by Crippen LogP contribution is 2.36. The summed E-state index contributed by atoms with van der Waals surface area (Å²) in [6.45, 7) is 0.907. The van der Waals surface area contributed by atoms with Crippen LogP contribution in [0.25, 0.3) is 0 Å². The van der Waals surface area contributed by atoms with Gasteiger partial charge in [-0.25, -0.2) is 4.98 Å². The minimum absolute atomic E-state index is 0.121. The fourth-order valence-corrected chi connectivity index (χ4v) is 4.56. The lowest BCUT2D eigenvalue weighted by Crippen LogP contribution is -2.56. The van der Waals surface area contributed by atoms with Gasteiger partial charge in [0.05, 0.1) is 13.3 Å². The standard InChI is InChI=1S/C21H26N4O2/c1-27-20-8-3-2-5-15(20)14-25-17-6-4-7-18(25)12-16(11-17)24-21(26)19-13-22-9-10-23-19/h2-3,5,8-10,13,16-18H,4,6-7,11-12,14H2,1H3,(H,24,26). The number of rotatable bonds is 5. The number of fused-ring (bicyclic) bond motifs is 2. The molecule has 2 saturated heterocycles. The summed E-state index contributed by atoms with van der Waals surface area (Å²) < 4.78 is 5.54. The first-order chi connectivity index (χ1) is 13.2. The number of piperidine rings is 2. The van der Waals surface area contributed by atoms with E-state index in [4.69, 9.17) is 4.74 Å². The summed E-state index contributed by atoms with van der Waals surface area (Å²) in [4.78, 5) is 23.2. The number of hydrogen-bond donors (Lipinski definition) is 1. The smallest absolute Gasteiger partial charge is 0.271 e. The predicted molar refractivity (Wildman–Crippen MR) is 102 cm³/mol. The Bertz CT molecular complexity index is 769. The number of nitrogens with one attached hydrogen (secondary N) is 1. The largest absolute Gasteiger partial charge is 0.496 e. The number of nitrogens with zero attached hydrogens (tertiary/aromatic N) is 3. The molecule has 0 aliphatic carbocycles.